The lowest BCUT2D eigenvalue weighted by atomic mass is 9.84. The Labute approximate surface area is 182 Å². The number of pyridine rings is 1. The normalized spacial score (nSPS) is 16.1. The first kappa shape index (κ1) is 21.5. The first-order valence-corrected chi connectivity index (χ1v) is 10.6. The Morgan fingerprint density at radius 1 is 1.13 bits per heavy atom. The number of hydrogen-bond donors (Lipinski definition) is 1. The van der Waals surface area contributed by atoms with Gasteiger partial charge in [0.2, 0.25) is 0 Å². The fourth-order valence-corrected chi connectivity index (χ4v) is 3.69. The molecule has 1 aromatic carbocycles. The number of rotatable bonds is 6. The molecule has 1 aliphatic rings. The van der Waals surface area contributed by atoms with Crippen molar-refractivity contribution in [2.24, 2.45) is 0 Å². The van der Waals surface area contributed by atoms with Gasteiger partial charge in [0.25, 0.3) is 5.89 Å². The molecule has 0 radical (unpaired) electrons. The Kier molecular flexibility index (Phi) is 5.61. The van der Waals surface area contributed by atoms with Gasteiger partial charge in [-0.2, -0.15) is 0 Å². The Morgan fingerprint density at radius 3 is 2.55 bits per heavy atom. The van der Waals surface area contributed by atoms with Gasteiger partial charge in [-0.05, 0) is 55.5 Å². The summed E-state index contributed by atoms with van der Waals surface area (Å²) in [6.07, 6.45) is 0. The van der Waals surface area contributed by atoms with Gasteiger partial charge in [0.05, 0.1) is 31.9 Å². The summed E-state index contributed by atoms with van der Waals surface area (Å²) in [4.78, 5) is 4.91. The average molecular weight is 427 g/mol. The lowest BCUT2D eigenvalue weighted by Crippen LogP contribution is -2.34. The van der Waals surface area contributed by atoms with Gasteiger partial charge in [-0.15, -0.1) is 5.10 Å². The molecule has 0 spiro atoms. The second kappa shape index (κ2) is 8.09. The van der Waals surface area contributed by atoms with Crippen LogP contribution in [0.2, 0.25) is 0 Å². The van der Waals surface area contributed by atoms with Crippen molar-refractivity contribution in [1.82, 2.24) is 15.2 Å². The molecule has 3 aromatic rings. The van der Waals surface area contributed by atoms with Gasteiger partial charge in [0.1, 0.15) is 11.4 Å². The molecule has 0 aliphatic carbocycles. The minimum Gasteiger partial charge on any atom is -0.494 e. The highest BCUT2D eigenvalue weighted by atomic mass is 16.7. The van der Waals surface area contributed by atoms with Crippen LogP contribution in [0.1, 0.15) is 45.7 Å². The van der Waals surface area contributed by atoms with E-state index in [1.165, 1.54) is 0 Å². The predicted molar refractivity (Wildman–Crippen MR) is 118 cm³/mol. The molecule has 8 nitrogen and oxygen atoms in total. The summed E-state index contributed by atoms with van der Waals surface area (Å²) >= 11 is 0. The van der Waals surface area contributed by atoms with Crippen molar-refractivity contribution in [2.75, 3.05) is 31.7 Å². The molecular weight excluding hydrogens is 396 g/mol. The van der Waals surface area contributed by atoms with Crippen LogP contribution in [0.15, 0.2) is 22.6 Å². The van der Waals surface area contributed by atoms with Gasteiger partial charge in [0.15, 0.2) is 5.79 Å². The molecule has 1 N–H and O–H groups in total. The highest BCUT2D eigenvalue weighted by Crippen LogP contribution is 2.36. The Bertz CT molecular complexity index is 1080. The fraction of sp³-hybridized carbons (Fsp3) is 0.522. The molecule has 1 aliphatic heterocycles. The maximum atomic E-state index is 5.83. The third-order valence-electron chi connectivity index (χ3n) is 5.32. The summed E-state index contributed by atoms with van der Waals surface area (Å²) < 4.78 is 22.8. The number of hydrogen-bond acceptors (Lipinski definition) is 8. The van der Waals surface area contributed by atoms with Crippen LogP contribution in [0.25, 0.3) is 22.5 Å². The molecule has 2 aromatic heterocycles. The molecule has 1 fully saturated rings. The first-order valence-electron chi connectivity index (χ1n) is 10.6. The van der Waals surface area contributed by atoms with Crippen LogP contribution in [0, 0.1) is 6.92 Å². The highest BCUT2D eigenvalue weighted by molar-refractivity contribution is 5.89. The summed E-state index contributed by atoms with van der Waals surface area (Å²) in [6, 6.07) is 6.39. The topological polar surface area (TPSA) is 91.5 Å². The minimum absolute atomic E-state index is 0.109. The standard InChI is InChI=1S/C23H30N4O4/c1-7-28-15-11-16-14(2)10-18(25-19(16)17(12-15)22(3,4)5)20-26-27-21(31-20)24-13-23(6)29-8-9-30-23/h10-12H,7-9,13H2,1-6H3,(H,24,27). The molecule has 1 saturated heterocycles. The van der Waals surface area contributed by atoms with Crippen molar-refractivity contribution in [2.45, 2.75) is 52.7 Å². The van der Waals surface area contributed by atoms with E-state index in [-0.39, 0.29) is 5.41 Å². The lowest BCUT2D eigenvalue weighted by Gasteiger charge is -2.22. The molecular formula is C23H30N4O4. The molecule has 0 amide bonds. The second-order valence-corrected chi connectivity index (χ2v) is 8.97. The van der Waals surface area contributed by atoms with Crippen molar-refractivity contribution in [3.63, 3.8) is 0 Å². The van der Waals surface area contributed by atoms with Gasteiger partial charge in [0, 0.05) is 5.39 Å². The van der Waals surface area contributed by atoms with E-state index in [0.29, 0.717) is 44.0 Å². The molecule has 0 bridgehead atoms. The number of nitrogens with one attached hydrogen (secondary N) is 1. The monoisotopic (exact) mass is 426 g/mol. The SMILES string of the molecule is CCOc1cc(C(C)(C)C)c2nc(-c3nnc(NCC4(C)OCCO4)o3)cc(C)c2c1. The molecule has 4 rings (SSSR count). The molecule has 0 unspecified atom stereocenters. The minimum atomic E-state index is -0.688. The highest BCUT2D eigenvalue weighted by Gasteiger charge is 2.31. The number of anilines is 1. The van der Waals surface area contributed by atoms with Crippen LogP contribution in [-0.4, -0.2) is 47.3 Å². The van der Waals surface area contributed by atoms with Crippen molar-refractivity contribution in [3.8, 4) is 17.3 Å². The summed E-state index contributed by atoms with van der Waals surface area (Å²) in [5.41, 5.74) is 3.63. The van der Waals surface area contributed by atoms with E-state index < -0.39 is 5.79 Å². The van der Waals surface area contributed by atoms with Gasteiger partial charge in [-0.1, -0.05) is 25.9 Å². The Morgan fingerprint density at radius 2 is 1.87 bits per heavy atom. The zero-order valence-electron chi connectivity index (χ0n) is 19.0. The second-order valence-electron chi connectivity index (χ2n) is 8.97. The van der Waals surface area contributed by atoms with Crippen molar-refractivity contribution in [3.05, 3.63) is 29.3 Å². The molecule has 3 heterocycles. The van der Waals surface area contributed by atoms with Gasteiger partial charge in [-0.3, -0.25) is 0 Å². The average Bonchev–Trinajstić information content (AvgIpc) is 3.35. The quantitative estimate of drug-likeness (QED) is 0.618. The molecule has 0 saturated carbocycles. The number of aromatic nitrogens is 3. The number of ether oxygens (including phenoxy) is 3. The number of benzene rings is 1. The summed E-state index contributed by atoms with van der Waals surface area (Å²) in [7, 11) is 0. The number of nitrogens with zero attached hydrogens (tertiary/aromatic N) is 3. The summed E-state index contributed by atoms with van der Waals surface area (Å²) in [5, 5.41) is 12.4. The van der Waals surface area contributed by atoms with Gasteiger partial charge in [-0.25, -0.2) is 4.98 Å². The van der Waals surface area contributed by atoms with Crippen molar-refractivity contribution >= 4 is 16.9 Å². The third kappa shape index (κ3) is 4.50. The molecule has 0 atom stereocenters. The fourth-order valence-electron chi connectivity index (χ4n) is 3.69. The maximum absolute atomic E-state index is 5.83. The molecule has 8 heteroatoms. The summed E-state index contributed by atoms with van der Waals surface area (Å²) in [6.45, 7) is 14.6. The molecule has 31 heavy (non-hydrogen) atoms. The predicted octanol–water partition coefficient (Wildman–Crippen LogP) is 4.46. The van der Waals surface area contributed by atoms with E-state index in [4.69, 9.17) is 23.6 Å². The van der Waals surface area contributed by atoms with Gasteiger partial charge < -0.3 is 23.9 Å². The number of fused-ring (bicyclic) bond motifs is 1. The van der Waals surface area contributed by atoms with E-state index in [2.05, 4.69) is 49.3 Å². The largest absolute Gasteiger partial charge is 0.494 e. The zero-order valence-corrected chi connectivity index (χ0v) is 19.0. The van der Waals surface area contributed by atoms with Gasteiger partial charge >= 0.3 is 6.01 Å². The maximum Gasteiger partial charge on any atom is 0.315 e. The van der Waals surface area contributed by atoms with Crippen LogP contribution in [0.3, 0.4) is 0 Å². The first-order chi connectivity index (χ1) is 14.7. The van der Waals surface area contributed by atoms with E-state index in [1.807, 2.05) is 26.0 Å². The van der Waals surface area contributed by atoms with E-state index >= 15 is 0 Å². The van der Waals surface area contributed by atoms with Crippen molar-refractivity contribution < 1.29 is 18.6 Å². The Hall–Kier alpha value is -2.71. The molecule has 166 valence electrons. The smallest absolute Gasteiger partial charge is 0.315 e. The summed E-state index contributed by atoms with van der Waals surface area (Å²) in [5.74, 6) is 0.526. The van der Waals surface area contributed by atoms with E-state index in [1.54, 1.807) is 0 Å². The number of aryl methyl sites for hydroxylation is 1. The van der Waals surface area contributed by atoms with Crippen LogP contribution in [-0.2, 0) is 14.9 Å². The van der Waals surface area contributed by atoms with Crippen LogP contribution < -0.4 is 10.1 Å². The van der Waals surface area contributed by atoms with Crippen molar-refractivity contribution in [1.29, 1.82) is 0 Å². The van der Waals surface area contributed by atoms with Crippen LogP contribution >= 0.6 is 0 Å². The van der Waals surface area contributed by atoms with E-state index in [0.717, 1.165) is 27.8 Å². The van der Waals surface area contributed by atoms with Crippen LogP contribution in [0.5, 0.6) is 5.75 Å². The van der Waals surface area contributed by atoms with Crippen LogP contribution in [0.4, 0.5) is 6.01 Å². The Balaban J connectivity index is 1.69. The van der Waals surface area contributed by atoms with E-state index in [9.17, 15) is 0 Å². The third-order valence-corrected chi connectivity index (χ3v) is 5.32. The lowest BCUT2D eigenvalue weighted by molar-refractivity contribution is -0.130. The zero-order chi connectivity index (χ0) is 22.2.